The average Bonchev–Trinajstić information content (AvgIpc) is 3.21. The van der Waals surface area contributed by atoms with Gasteiger partial charge in [0.05, 0.1) is 29.9 Å². The van der Waals surface area contributed by atoms with Gasteiger partial charge >= 0.3 is 0 Å². The highest BCUT2D eigenvalue weighted by Gasteiger charge is 2.30. The minimum absolute atomic E-state index is 0.0825. The largest absolute Gasteiger partial charge is 0.391 e. The van der Waals surface area contributed by atoms with Crippen LogP contribution in [0, 0.1) is 12.7 Å². The van der Waals surface area contributed by atoms with Crippen LogP contribution >= 0.6 is 0 Å². The number of aryl methyl sites for hydroxylation is 1. The monoisotopic (exact) mass is 488 g/mol. The van der Waals surface area contributed by atoms with Crippen molar-refractivity contribution in [2.75, 3.05) is 5.32 Å². The lowest BCUT2D eigenvalue weighted by Gasteiger charge is -2.15. The van der Waals surface area contributed by atoms with Crippen molar-refractivity contribution in [1.82, 2.24) is 35.0 Å². The number of amides is 1. The number of carbonyl (C=O) groups is 1. The van der Waals surface area contributed by atoms with Crippen LogP contribution in [0.5, 0.6) is 0 Å². The predicted octanol–water partition coefficient (Wildman–Crippen LogP) is 3.72. The second-order valence-corrected chi connectivity index (χ2v) is 9.46. The molecule has 0 spiro atoms. The normalized spacial score (nSPS) is 19.5. The van der Waals surface area contributed by atoms with Gasteiger partial charge < -0.3 is 10.4 Å². The predicted molar refractivity (Wildman–Crippen MR) is 129 cm³/mol. The first-order valence-electron chi connectivity index (χ1n) is 12.1. The van der Waals surface area contributed by atoms with E-state index < -0.39 is 17.8 Å². The smallest absolute Gasteiger partial charge is 0.259 e. The lowest BCUT2D eigenvalue weighted by atomic mass is 9.99. The molecule has 2 aliphatic carbocycles. The standard InChI is InChI=1S/C25H25FN8O2/c1-14-10-19(26)18(11-17(14)15-12-27-33(13-15)16-8-9-16)25(36)29-23-7-2-4-20(28-23)24-30-31-32-34(24)21-5-3-6-22(21)35/h2,4,7,10-13,16,21-22,35H,3,5-6,8-9H2,1H3,(H,28,29,36)/t21-,22+/m1/s1. The molecule has 2 aliphatic rings. The Morgan fingerprint density at radius 2 is 2.06 bits per heavy atom. The van der Waals surface area contributed by atoms with E-state index in [0.29, 0.717) is 24.0 Å². The third-order valence-electron chi connectivity index (χ3n) is 6.86. The molecule has 2 fully saturated rings. The van der Waals surface area contributed by atoms with E-state index in [2.05, 4.69) is 30.9 Å². The summed E-state index contributed by atoms with van der Waals surface area (Å²) in [7, 11) is 0. The van der Waals surface area contributed by atoms with Crippen molar-refractivity contribution >= 4 is 11.7 Å². The molecule has 36 heavy (non-hydrogen) atoms. The van der Waals surface area contributed by atoms with E-state index in [1.807, 2.05) is 17.8 Å². The maximum atomic E-state index is 14.9. The van der Waals surface area contributed by atoms with Crippen molar-refractivity contribution < 1.29 is 14.3 Å². The third kappa shape index (κ3) is 4.15. The van der Waals surface area contributed by atoms with E-state index in [4.69, 9.17) is 0 Å². The van der Waals surface area contributed by atoms with Gasteiger partial charge in [-0.1, -0.05) is 6.07 Å². The fourth-order valence-electron chi connectivity index (χ4n) is 4.78. The number of rotatable bonds is 6. The van der Waals surface area contributed by atoms with Crippen LogP contribution in [0.1, 0.15) is 60.1 Å². The number of carbonyl (C=O) groups excluding carboxylic acids is 1. The van der Waals surface area contributed by atoms with Crippen molar-refractivity contribution in [3.8, 4) is 22.6 Å². The maximum Gasteiger partial charge on any atom is 0.259 e. The Hall–Kier alpha value is -3.99. The Labute approximate surface area is 206 Å². The molecule has 0 aliphatic heterocycles. The van der Waals surface area contributed by atoms with E-state index in [1.54, 1.807) is 35.1 Å². The summed E-state index contributed by atoms with van der Waals surface area (Å²) in [6.07, 6.45) is 7.73. The van der Waals surface area contributed by atoms with Gasteiger partial charge in [-0.3, -0.25) is 9.48 Å². The number of pyridine rings is 1. The molecular weight excluding hydrogens is 463 g/mol. The summed E-state index contributed by atoms with van der Waals surface area (Å²) in [5.41, 5.74) is 2.68. The minimum atomic E-state index is -0.612. The SMILES string of the molecule is Cc1cc(F)c(C(=O)Nc2cccc(-c3nnnn3[C@@H]3CCC[C@@H]3O)n2)cc1-c1cnn(C2CC2)c1. The number of tetrazole rings is 1. The highest BCUT2D eigenvalue weighted by Crippen LogP contribution is 2.36. The number of nitrogens with one attached hydrogen (secondary N) is 1. The number of aliphatic hydroxyl groups excluding tert-OH is 1. The lowest BCUT2D eigenvalue weighted by Crippen LogP contribution is -2.20. The molecule has 0 unspecified atom stereocenters. The first-order valence-corrected chi connectivity index (χ1v) is 12.1. The summed E-state index contributed by atoms with van der Waals surface area (Å²) in [6, 6.07) is 8.18. The van der Waals surface area contributed by atoms with Gasteiger partial charge in [0.2, 0.25) is 5.82 Å². The van der Waals surface area contributed by atoms with Crippen molar-refractivity contribution in [2.24, 2.45) is 0 Å². The number of halogens is 1. The van der Waals surface area contributed by atoms with Crippen molar-refractivity contribution in [1.29, 1.82) is 0 Å². The highest BCUT2D eigenvalue weighted by atomic mass is 19.1. The van der Waals surface area contributed by atoms with E-state index in [9.17, 15) is 14.3 Å². The lowest BCUT2D eigenvalue weighted by molar-refractivity contribution is 0.102. The Kier molecular flexibility index (Phi) is 5.56. The van der Waals surface area contributed by atoms with Gasteiger partial charge in [-0.2, -0.15) is 5.10 Å². The van der Waals surface area contributed by atoms with Gasteiger partial charge in [0.1, 0.15) is 17.3 Å². The van der Waals surface area contributed by atoms with Crippen LogP contribution in [0.2, 0.25) is 0 Å². The molecule has 0 radical (unpaired) electrons. The zero-order valence-corrected chi connectivity index (χ0v) is 19.7. The van der Waals surface area contributed by atoms with Crippen LogP contribution in [0.3, 0.4) is 0 Å². The summed E-state index contributed by atoms with van der Waals surface area (Å²) in [5.74, 6) is -0.590. The van der Waals surface area contributed by atoms with E-state index in [1.165, 1.54) is 6.07 Å². The summed E-state index contributed by atoms with van der Waals surface area (Å²) in [4.78, 5) is 17.6. The van der Waals surface area contributed by atoms with E-state index in [-0.39, 0.29) is 17.4 Å². The molecule has 3 aromatic heterocycles. The molecule has 1 aromatic carbocycles. The Bertz CT molecular complexity index is 1440. The molecule has 0 bridgehead atoms. The molecule has 11 heteroatoms. The quantitative estimate of drug-likeness (QED) is 0.424. The zero-order chi connectivity index (χ0) is 24.8. The van der Waals surface area contributed by atoms with Crippen LogP contribution in [-0.2, 0) is 0 Å². The zero-order valence-electron chi connectivity index (χ0n) is 19.7. The topological polar surface area (TPSA) is 124 Å². The van der Waals surface area contributed by atoms with Crippen LogP contribution in [0.4, 0.5) is 10.2 Å². The van der Waals surface area contributed by atoms with E-state index >= 15 is 0 Å². The molecule has 6 rings (SSSR count). The minimum Gasteiger partial charge on any atom is -0.391 e. The molecule has 3 heterocycles. The molecular formula is C25H25FN8O2. The number of nitrogens with zero attached hydrogens (tertiary/aromatic N) is 7. The fourth-order valence-corrected chi connectivity index (χ4v) is 4.78. The van der Waals surface area contributed by atoms with Gasteiger partial charge in [0, 0.05) is 11.8 Å². The number of anilines is 1. The second-order valence-electron chi connectivity index (χ2n) is 9.46. The van der Waals surface area contributed by atoms with Gasteiger partial charge in [0.25, 0.3) is 5.91 Å². The average molecular weight is 489 g/mol. The van der Waals surface area contributed by atoms with Gasteiger partial charge in [-0.25, -0.2) is 14.1 Å². The van der Waals surface area contributed by atoms with Crippen molar-refractivity contribution in [3.05, 3.63) is 59.7 Å². The maximum absolute atomic E-state index is 14.9. The van der Waals surface area contributed by atoms with Crippen LogP contribution in [0.15, 0.2) is 42.7 Å². The number of hydrogen-bond donors (Lipinski definition) is 2. The molecule has 0 saturated heterocycles. The Morgan fingerprint density at radius 1 is 1.19 bits per heavy atom. The molecule has 1 amide bonds. The summed E-state index contributed by atoms with van der Waals surface area (Å²) < 4.78 is 18.4. The summed E-state index contributed by atoms with van der Waals surface area (Å²) >= 11 is 0. The molecule has 2 N–H and O–H groups in total. The number of aliphatic hydroxyl groups is 1. The molecule has 2 saturated carbocycles. The summed E-state index contributed by atoms with van der Waals surface area (Å²) in [5, 5.41) is 29.3. The van der Waals surface area contributed by atoms with Gasteiger partial charge in [-0.15, -0.1) is 5.10 Å². The van der Waals surface area contributed by atoms with Gasteiger partial charge in [0.15, 0.2) is 0 Å². The fraction of sp³-hybridized carbons (Fsp3) is 0.360. The molecule has 2 atom stereocenters. The third-order valence-corrected chi connectivity index (χ3v) is 6.86. The highest BCUT2D eigenvalue weighted by molar-refractivity contribution is 6.05. The molecule has 4 aromatic rings. The van der Waals surface area contributed by atoms with Gasteiger partial charge in [-0.05, 0) is 84.8 Å². The van der Waals surface area contributed by atoms with Crippen LogP contribution in [0.25, 0.3) is 22.6 Å². The summed E-state index contributed by atoms with van der Waals surface area (Å²) in [6.45, 7) is 1.81. The molecule has 184 valence electrons. The first kappa shape index (κ1) is 22.5. The Balaban J connectivity index is 1.26. The Morgan fingerprint density at radius 3 is 2.83 bits per heavy atom. The number of aromatic nitrogens is 7. The van der Waals surface area contributed by atoms with Crippen LogP contribution < -0.4 is 5.32 Å². The number of hydrogen-bond acceptors (Lipinski definition) is 7. The molecule has 10 nitrogen and oxygen atoms in total. The first-order chi connectivity index (χ1) is 17.5. The van der Waals surface area contributed by atoms with E-state index in [0.717, 1.165) is 42.4 Å². The van der Waals surface area contributed by atoms with Crippen molar-refractivity contribution in [2.45, 2.75) is 57.2 Å². The second kappa shape index (κ2) is 8.90. The number of benzene rings is 1. The van der Waals surface area contributed by atoms with Crippen LogP contribution in [-0.4, -0.2) is 52.1 Å². The van der Waals surface area contributed by atoms with Crippen molar-refractivity contribution in [3.63, 3.8) is 0 Å².